The number of nitrogens with one attached hydrogen (secondary N) is 1. The molecule has 0 saturated heterocycles. The van der Waals surface area contributed by atoms with Gasteiger partial charge in [0.2, 0.25) is 5.91 Å². The Balaban J connectivity index is 2.03. The minimum atomic E-state index is -0.732. The molecule has 0 aromatic heterocycles. The first-order chi connectivity index (χ1) is 11.4. The minimum Gasteiger partial charge on any atom is -0.494 e. The molecule has 0 spiro atoms. The predicted molar refractivity (Wildman–Crippen MR) is 84.9 cm³/mol. The van der Waals surface area contributed by atoms with Crippen molar-refractivity contribution < 1.29 is 22.7 Å². The largest absolute Gasteiger partial charge is 0.494 e. The van der Waals surface area contributed by atoms with Crippen LogP contribution in [0.15, 0.2) is 42.5 Å². The van der Waals surface area contributed by atoms with Crippen LogP contribution in [0.2, 0.25) is 0 Å². The molecule has 0 aliphatic heterocycles. The summed E-state index contributed by atoms with van der Waals surface area (Å²) in [6, 6.07) is 6.78. The van der Waals surface area contributed by atoms with Gasteiger partial charge in [0.25, 0.3) is 0 Å². The lowest BCUT2D eigenvalue weighted by molar-refractivity contribution is -0.117. The van der Waals surface area contributed by atoms with Gasteiger partial charge in [0, 0.05) is 17.7 Å². The van der Waals surface area contributed by atoms with Gasteiger partial charge in [0.05, 0.1) is 13.2 Å². The Labute approximate surface area is 137 Å². The van der Waals surface area contributed by atoms with Gasteiger partial charge >= 0.3 is 0 Å². The van der Waals surface area contributed by atoms with Crippen molar-refractivity contribution in [1.82, 2.24) is 5.32 Å². The second-order valence-electron chi connectivity index (χ2n) is 5.12. The van der Waals surface area contributed by atoms with Crippen LogP contribution in [-0.2, 0) is 4.79 Å². The lowest BCUT2D eigenvalue weighted by Gasteiger charge is -2.13. The van der Waals surface area contributed by atoms with Gasteiger partial charge in [-0.15, -0.1) is 0 Å². The van der Waals surface area contributed by atoms with Gasteiger partial charge in [-0.1, -0.05) is 12.1 Å². The van der Waals surface area contributed by atoms with Crippen LogP contribution in [0, 0.1) is 17.5 Å². The fraction of sp³-hybridized carbons (Fsp3) is 0.167. The Hall–Kier alpha value is -2.76. The molecule has 1 amide bonds. The third-order valence-electron chi connectivity index (χ3n) is 3.39. The quantitative estimate of drug-likeness (QED) is 0.839. The molecule has 1 atom stereocenters. The zero-order valence-electron chi connectivity index (χ0n) is 13.1. The number of methoxy groups -OCH3 is 1. The average Bonchev–Trinajstić information content (AvgIpc) is 2.52. The summed E-state index contributed by atoms with van der Waals surface area (Å²) in [4.78, 5) is 11.9. The number of benzene rings is 2. The second-order valence-corrected chi connectivity index (χ2v) is 5.12. The van der Waals surface area contributed by atoms with E-state index in [-0.39, 0.29) is 11.3 Å². The van der Waals surface area contributed by atoms with E-state index in [4.69, 9.17) is 4.74 Å². The van der Waals surface area contributed by atoms with Crippen molar-refractivity contribution in [3.63, 3.8) is 0 Å². The highest BCUT2D eigenvalue weighted by Gasteiger charge is 2.13. The first kappa shape index (κ1) is 17.6. The minimum absolute atomic E-state index is 0.108. The fourth-order valence-corrected chi connectivity index (χ4v) is 2.15. The van der Waals surface area contributed by atoms with E-state index < -0.39 is 29.4 Å². The summed E-state index contributed by atoms with van der Waals surface area (Å²) in [5, 5.41) is 2.56. The molecular weight excluding hydrogens is 319 g/mol. The van der Waals surface area contributed by atoms with Crippen LogP contribution < -0.4 is 10.1 Å². The summed E-state index contributed by atoms with van der Waals surface area (Å²) < 4.78 is 44.9. The van der Waals surface area contributed by atoms with Crippen LogP contribution in [0.1, 0.15) is 24.1 Å². The van der Waals surface area contributed by atoms with Crippen molar-refractivity contribution >= 4 is 12.0 Å². The molecule has 1 N–H and O–H groups in total. The van der Waals surface area contributed by atoms with Gasteiger partial charge in [-0.2, -0.15) is 0 Å². The maximum Gasteiger partial charge on any atom is 0.244 e. The highest BCUT2D eigenvalue weighted by Crippen LogP contribution is 2.19. The molecule has 0 fully saturated rings. The highest BCUT2D eigenvalue weighted by atomic mass is 19.1. The molecule has 2 aromatic carbocycles. The van der Waals surface area contributed by atoms with E-state index in [1.807, 2.05) is 0 Å². The van der Waals surface area contributed by atoms with Crippen LogP contribution in [-0.4, -0.2) is 13.0 Å². The van der Waals surface area contributed by atoms with Crippen molar-refractivity contribution in [2.24, 2.45) is 0 Å². The van der Waals surface area contributed by atoms with Gasteiger partial charge in [0.1, 0.15) is 11.6 Å². The number of amides is 1. The lowest BCUT2D eigenvalue weighted by atomic mass is 10.1. The summed E-state index contributed by atoms with van der Waals surface area (Å²) in [6.45, 7) is 1.58. The second kappa shape index (κ2) is 7.68. The normalized spacial score (nSPS) is 12.2. The molecule has 0 aliphatic carbocycles. The van der Waals surface area contributed by atoms with Crippen molar-refractivity contribution in [1.29, 1.82) is 0 Å². The van der Waals surface area contributed by atoms with Crippen LogP contribution in [0.5, 0.6) is 5.75 Å². The van der Waals surface area contributed by atoms with E-state index in [1.165, 1.54) is 37.5 Å². The first-order valence-electron chi connectivity index (χ1n) is 7.17. The lowest BCUT2D eigenvalue weighted by Crippen LogP contribution is -2.25. The summed E-state index contributed by atoms with van der Waals surface area (Å²) >= 11 is 0. The van der Waals surface area contributed by atoms with Gasteiger partial charge in [-0.3, -0.25) is 4.79 Å². The maximum atomic E-state index is 13.7. The molecule has 3 nitrogen and oxygen atoms in total. The number of halogens is 3. The molecule has 24 heavy (non-hydrogen) atoms. The number of ether oxygens (including phenoxy) is 1. The molecular formula is C18H16F3NO2. The summed E-state index contributed by atoms with van der Waals surface area (Å²) in [5.41, 5.74) is 0.651. The first-order valence-corrected chi connectivity index (χ1v) is 7.17. The van der Waals surface area contributed by atoms with Crippen LogP contribution in [0.4, 0.5) is 13.2 Å². The Bertz CT molecular complexity index is 775. The number of carbonyl (C=O) groups excluding carboxylic acids is 1. The standard InChI is InChI=1S/C18H16F3NO2/c1-11(14-6-5-13(19)10-15(14)20)22-18(23)8-4-12-3-7-17(24-2)16(21)9-12/h3-11H,1-2H3,(H,22,23)/b8-4+/t11-/m1/s1. The molecule has 2 rings (SSSR count). The van der Waals surface area contributed by atoms with E-state index in [0.29, 0.717) is 5.56 Å². The van der Waals surface area contributed by atoms with Gasteiger partial charge < -0.3 is 10.1 Å². The topological polar surface area (TPSA) is 38.3 Å². The molecule has 0 radical (unpaired) electrons. The van der Waals surface area contributed by atoms with Gasteiger partial charge in [0.15, 0.2) is 11.6 Å². The Morgan fingerprint density at radius 3 is 2.50 bits per heavy atom. The predicted octanol–water partition coefficient (Wildman–Crippen LogP) is 4.00. The molecule has 2 aromatic rings. The highest BCUT2D eigenvalue weighted by molar-refractivity contribution is 5.92. The molecule has 0 heterocycles. The van der Waals surface area contributed by atoms with Crippen molar-refractivity contribution in [2.45, 2.75) is 13.0 Å². The number of hydrogen-bond acceptors (Lipinski definition) is 2. The maximum absolute atomic E-state index is 13.7. The molecule has 0 unspecified atom stereocenters. The molecule has 0 saturated carbocycles. The van der Waals surface area contributed by atoms with Crippen molar-refractivity contribution in [2.75, 3.05) is 7.11 Å². The Morgan fingerprint density at radius 2 is 1.88 bits per heavy atom. The van der Waals surface area contributed by atoms with E-state index in [0.717, 1.165) is 12.1 Å². The SMILES string of the molecule is COc1ccc(/C=C/C(=O)N[C@H](C)c2ccc(F)cc2F)cc1F. The molecule has 0 aliphatic rings. The summed E-state index contributed by atoms with van der Waals surface area (Å²) in [5.74, 6) is -2.33. The van der Waals surface area contributed by atoms with Crippen LogP contribution in [0.3, 0.4) is 0 Å². The van der Waals surface area contributed by atoms with Crippen molar-refractivity contribution in [3.8, 4) is 5.75 Å². The van der Waals surface area contributed by atoms with Gasteiger partial charge in [-0.25, -0.2) is 13.2 Å². The zero-order valence-corrected chi connectivity index (χ0v) is 13.1. The smallest absolute Gasteiger partial charge is 0.244 e. The number of hydrogen-bond donors (Lipinski definition) is 1. The molecule has 126 valence electrons. The zero-order chi connectivity index (χ0) is 17.7. The van der Waals surface area contributed by atoms with Gasteiger partial charge in [-0.05, 0) is 36.8 Å². The Morgan fingerprint density at radius 1 is 1.12 bits per heavy atom. The van der Waals surface area contributed by atoms with E-state index >= 15 is 0 Å². The molecule has 6 heteroatoms. The average molecular weight is 335 g/mol. The van der Waals surface area contributed by atoms with Crippen molar-refractivity contribution in [3.05, 3.63) is 71.1 Å². The monoisotopic (exact) mass is 335 g/mol. The van der Waals surface area contributed by atoms with E-state index in [2.05, 4.69) is 5.32 Å². The van der Waals surface area contributed by atoms with Crippen LogP contribution in [0.25, 0.3) is 6.08 Å². The van der Waals surface area contributed by atoms with E-state index in [9.17, 15) is 18.0 Å². The molecule has 0 bridgehead atoms. The third-order valence-corrected chi connectivity index (χ3v) is 3.39. The number of rotatable bonds is 5. The van der Waals surface area contributed by atoms with Crippen LogP contribution >= 0.6 is 0 Å². The fourth-order valence-electron chi connectivity index (χ4n) is 2.15. The summed E-state index contributed by atoms with van der Waals surface area (Å²) in [7, 11) is 1.36. The Kier molecular flexibility index (Phi) is 5.63. The third kappa shape index (κ3) is 4.38. The number of carbonyl (C=O) groups is 1. The summed E-state index contributed by atoms with van der Waals surface area (Å²) in [6.07, 6.45) is 2.63. The van der Waals surface area contributed by atoms with E-state index in [1.54, 1.807) is 13.0 Å².